The SMILES string of the molecule is Cc1cc(N)nc(C)c1CNC(=O)c1cnn(Cc2ccc(CCl)cc2)c1.Cc1cc(N)nc(C)c1CNC(=O)c1cnn(Cc2ccc(Cn3ccnn3)cc2)c1. The Bertz CT molecular complexity index is 2430. The van der Waals surface area contributed by atoms with Crippen molar-refractivity contribution in [3.05, 3.63) is 165 Å². The lowest BCUT2D eigenvalue weighted by atomic mass is 10.1. The minimum absolute atomic E-state index is 0.172. The van der Waals surface area contributed by atoms with Gasteiger partial charge in [0, 0.05) is 48.9 Å². The number of aromatic nitrogens is 9. The summed E-state index contributed by atoms with van der Waals surface area (Å²) in [6.07, 6.45) is 10.1. The molecule has 5 aromatic heterocycles. The van der Waals surface area contributed by atoms with Gasteiger partial charge in [-0.2, -0.15) is 10.2 Å². The number of carbonyl (C=O) groups excluding carboxylic acids is 2. The van der Waals surface area contributed by atoms with E-state index in [2.05, 4.69) is 53.2 Å². The first-order valence-electron chi connectivity index (χ1n) is 18.6. The van der Waals surface area contributed by atoms with Crippen LogP contribution in [-0.4, -0.2) is 56.3 Å². The van der Waals surface area contributed by atoms with Gasteiger partial charge in [0.25, 0.3) is 11.8 Å². The van der Waals surface area contributed by atoms with Gasteiger partial charge < -0.3 is 22.1 Å². The van der Waals surface area contributed by atoms with Crippen LogP contribution in [0.4, 0.5) is 11.6 Å². The molecule has 298 valence electrons. The third-order valence-corrected chi connectivity index (χ3v) is 9.80. The summed E-state index contributed by atoms with van der Waals surface area (Å²) >= 11 is 5.81. The number of nitrogens with two attached hydrogens (primary N) is 2. The van der Waals surface area contributed by atoms with Gasteiger partial charge in [-0.25, -0.2) is 14.6 Å². The van der Waals surface area contributed by atoms with Gasteiger partial charge in [-0.1, -0.05) is 53.7 Å². The highest BCUT2D eigenvalue weighted by atomic mass is 35.5. The first-order chi connectivity index (χ1) is 27.9. The zero-order valence-corrected chi connectivity index (χ0v) is 33.6. The lowest BCUT2D eigenvalue weighted by Crippen LogP contribution is -2.23. The van der Waals surface area contributed by atoms with Crippen molar-refractivity contribution in [1.82, 2.24) is 55.2 Å². The van der Waals surface area contributed by atoms with E-state index in [1.165, 1.54) is 0 Å². The predicted octanol–water partition coefficient (Wildman–Crippen LogP) is 5.29. The molecule has 0 fully saturated rings. The van der Waals surface area contributed by atoms with Crippen LogP contribution in [0.3, 0.4) is 0 Å². The average Bonchev–Trinajstić information content (AvgIpc) is 3.99. The summed E-state index contributed by atoms with van der Waals surface area (Å²) in [5.41, 5.74) is 22.5. The standard InChI is InChI=1S/C22H24N8O.C20H22ClN5O/c1-15-9-21(23)27-16(2)20(15)11-24-22(31)19-10-26-30(14-19)13-18-5-3-17(4-6-18)12-29-8-7-25-28-29;1-13-7-19(22)25-14(2)18(13)10-23-20(27)17-9-24-26(12-17)11-16-5-3-15(8-21)4-6-16/h3-10,14H,11-13H2,1-2H3,(H2,23,27)(H,24,31);3-7,9,12H,8,10-11H2,1-2H3,(H2,22,25)(H,23,27). The second kappa shape index (κ2) is 18.8. The maximum atomic E-state index is 12.5. The van der Waals surface area contributed by atoms with Gasteiger partial charge in [-0.05, 0) is 84.3 Å². The summed E-state index contributed by atoms with van der Waals surface area (Å²) in [7, 11) is 0. The number of anilines is 2. The highest BCUT2D eigenvalue weighted by molar-refractivity contribution is 6.17. The van der Waals surface area contributed by atoms with Crippen LogP contribution in [0.5, 0.6) is 0 Å². The molecule has 0 spiro atoms. The molecule has 0 atom stereocenters. The van der Waals surface area contributed by atoms with Crippen LogP contribution in [0, 0.1) is 27.7 Å². The van der Waals surface area contributed by atoms with Gasteiger partial charge >= 0.3 is 0 Å². The second-order valence-corrected chi connectivity index (χ2v) is 14.2. The molecule has 58 heavy (non-hydrogen) atoms. The minimum atomic E-state index is -0.176. The third-order valence-electron chi connectivity index (χ3n) is 9.50. The molecule has 0 bridgehead atoms. The largest absolute Gasteiger partial charge is 0.384 e. The number of carbonyl (C=O) groups is 2. The first kappa shape index (κ1) is 40.8. The van der Waals surface area contributed by atoms with E-state index in [0.29, 0.717) is 61.4 Å². The van der Waals surface area contributed by atoms with Gasteiger partial charge in [-0.3, -0.25) is 19.0 Å². The molecule has 2 aromatic carbocycles. The monoisotopic (exact) mass is 799 g/mol. The minimum Gasteiger partial charge on any atom is -0.384 e. The van der Waals surface area contributed by atoms with E-state index < -0.39 is 0 Å². The zero-order chi connectivity index (χ0) is 41.2. The van der Waals surface area contributed by atoms with Crippen molar-refractivity contribution < 1.29 is 9.59 Å². The van der Waals surface area contributed by atoms with Crippen molar-refractivity contribution in [2.45, 2.75) is 66.3 Å². The highest BCUT2D eigenvalue weighted by Crippen LogP contribution is 2.17. The molecule has 7 rings (SSSR count). The van der Waals surface area contributed by atoms with E-state index in [-0.39, 0.29) is 11.8 Å². The highest BCUT2D eigenvalue weighted by Gasteiger charge is 2.13. The van der Waals surface area contributed by atoms with Crippen molar-refractivity contribution in [1.29, 1.82) is 0 Å². The van der Waals surface area contributed by atoms with Crippen LogP contribution in [-0.2, 0) is 38.6 Å². The van der Waals surface area contributed by atoms with Crippen molar-refractivity contribution in [2.75, 3.05) is 11.5 Å². The van der Waals surface area contributed by atoms with Crippen LogP contribution in [0.1, 0.15) is 76.6 Å². The van der Waals surface area contributed by atoms with E-state index >= 15 is 0 Å². The number of benzene rings is 2. The molecule has 16 heteroatoms. The smallest absolute Gasteiger partial charge is 0.254 e. The summed E-state index contributed by atoms with van der Waals surface area (Å²) in [5.74, 6) is 1.12. The maximum Gasteiger partial charge on any atom is 0.254 e. The Balaban J connectivity index is 0.000000198. The number of nitrogens with zero attached hydrogens (tertiary/aromatic N) is 9. The van der Waals surface area contributed by atoms with Crippen molar-refractivity contribution in [3.63, 3.8) is 0 Å². The molecule has 0 saturated heterocycles. The summed E-state index contributed by atoms with van der Waals surface area (Å²) in [5, 5.41) is 22.2. The number of hydrogen-bond donors (Lipinski definition) is 4. The quantitative estimate of drug-likeness (QED) is 0.111. The Hall–Kier alpha value is -6.87. The fourth-order valence-electron chi connectivity index (χ4n) is 6.35. The summed E-state index contributed by atoms with van der Waals surface area (Å²) in [6.45, 7) is 10.3. The van der Waals surface area contributed by atoms with E-state index in [0.717, 1.165) is 55.9 Å². The topological polar surface area (TPSA) is 202 Å². The fraction of sp³-hybridized carbons (Fsp3) is 0.238. The maximum absolute atomic E-state index is 12.5. The molecule has 6 N–H and O–H groups in total. The Morgan fingerprint density at radius 2 is 1.05 bits per heavy atom. The molecule has 0 aliphatic rings. The number of hydrogen-bond acceptors (Lipinski definition) is 10. The summed E-state index contributed by atoms with van der Waals surface area (Å²) < 4.78 is 5.27. The van der Waals surface area contributed by atoms with Gasteiger partial charge in [0.15, 0.2) is 0 Å². The molecule has 7 aromatic rings. The number of halogens is 1. The molecule has 0 aliphatic heterocycles. The average molecular weight is 800 g/mol. The Labute approximate surface area is 341 Å². The fourth-order valence-corrected chi connectivity index (χ4v) is 6.53. The Morgan fingerprint density at radius 3 is 1.43 bits per heavy atom. The summed E-state index contributed by atoms with van der Waals surface area (Å²) in [6, 6.07) is 19.8. The molecule has 0 saturated carbocycles. The van der Waals surface area contributed by atoms with Crippen LogP contribution in [0.25, 0.3) is 0 Å². The normalized spacial score (nSPS) is 10.8. The van der Waals surface area contributed by atoms with E-state index in [1.807, 2.05) is 82.4 Å². The molecular formula is C42H46ClN13O2. The Kier molecular flexibility index (Phi) is 13.3. The second-order valence-electron chi connectivity index (χ2n) is 13.9. The predicted molar refractivity (Wildman–Crippen MR) is 223 cm³/mol. The van der Waals surface area contributed by atoms with Gasteiger partial charge in [0.05, 0.1) is 49.4 Å². The number of rotatable bonds is 13. The molecule has 0 unspecified atom stereocenters. The van der Waals surface area contributed by atoms with Gasteiger partial charge in [0.1, 0.15) is 11.6 Å². The Morgan fingerprint density at radius 1 is 0.638 bits per heavy atom. The third kappa shape index (κ3) is 10.9. The number of amides is 2. The first-order valence-corrected chi connectivity index (χ1v) is 19.1. The van der Waals surface area contributed by atoms with E-state index in [1.54, 1.807) is 45.0 Å². The summed E-state index contributed by atoms with van der Waals surface area (Å²) in [4.78, 5) is 33.5. The van der Waals surface area contributed by atoms with Crippen molar-refractivity contribution >= 4 is 35.1 Å². The molecule has 0 aliphatic carbocycles. The van der Waals surface area contributed by atoms with Crippen molar-refractivity contribution in [3.8, 4) is 0 Å². The van der Waals surface area contributed by atoms with Crippen LogP contribution < -0.4 is 22.1 Å². The molecule has 2 amide bonds. The van der Waals surface area contributed by atoms with E-state index in [9.17, 15) is 9.59 Å². The molecular weight excluding hydrogens is 754 g/mol. The van der Waals surface area contributed by atoms with Crippen LogP contribution in [0.2, 0.25) is 0 Å². The lowest BCUT2D eigenvalue weighted by Gasteiger charge is -2.11. The van der Waals surface area contributed by atoms with E-state index in [4.69, 9.17) is 23.1 Å². The molecule has 15 nitrogen and oxygen atoms in total. The number of pyridine rings is 2. The van der Waals surface area contributed by atoms with Crippen molar-refractivity contribution in [2.24, 2.45) is 0 Å². The number of aryl methyl sites for hydroxylation is 4. The number of nitrogens with one attached hydrogen (secondary N) is 2. The van der Waals surface area contributed by atoms with Crippen LogP contribution >= 0.6 is 11.6 Å². The number of nitrogen functional groups attached to an aromatic ring is 2. The zero-order valence-electron chi connectivity index (χ0n) is 32.9. The lowest BCUT2D eigenvalue weighted by molar-refractivity contribution is 0.0942. The molecule has 5 heterocycles. The molecule has 0 radical (unpaired) electrons. The van der Waals surface area contributed by atoms with Gasteiger partial charge in [-0.15, -0.1) is 16.7 Å². The van der Waals surface area contributed by atoms with Crippen LogP contribution in [0.15, 0.2) is 97.8 Å². The number of alkyl halides is 1. The van der Waals surface area contributed by atoms with Gasteiger partial charge in [0.2, 0.25) is 0 Å².